The molecule has 0 saturated heterocycles. The van der Waals surface area contributed by atoms with E-state index in [-0.39, 0.29) is 30.8 Å². The molecule has 2 aromatic carbocycles. The Morgan fingerprint density at radius 3 is 2.18 bits per heavy atom. The molecule has 0 bridgehead atoms. The van der Waals surface area contributed by atoms with Crippen LogP contribution >= 0.6 is 0 Å². The molecular formula is C26H32N2O5. The van der Waals surface area contributed by atoms with Crippen LogP contribution < -0.4 is 5.32 Å². The minimum Gasteiger partial charge on any atom is -0.480 e. The zero-order valence-electron chi connectivity index (χ0n) is 19.4. The van der Waals surface area contributed by atoms with E-state index in [2.05, 4.69) is 29.6 Å². The van der Waals surface area contributed by atoms with Gasteiger partial charge in [0.15, 0.2) is 0 Å². The fourth-order valence-corrected chi connectivity index (χ4v) is 4.34. The average Bonchev–Trinajstić information content (AvgIpc) is 3.13. The molecule has 0 saturated carbocycles. The third kappa shape index (κ3) is 5.72. The largest absolute Gasteiger partial charge is 0.480 e. The van der Waals surface area contributed by atoms with Crippen molar-refractivity contribution in [3.05, 3.63) is 59.7 Å². The molecule has 1 aliphatic carbocycles. The highest BCUT2D eigenvalue weighted by molar-refractivity contribution is 5.83. The van der Waals surface area contributed by atoms with Gasteiger partial charge in [0.2, 0.25) is 5.91 Å². The molecule has 2 N–H and O–H groups in total. The minimum absolute atomic E-state index is 0.00878. The van der Waals surface area contributed by atoms with Crippen molar-refractivity contribution in [2.75, 3.05) is 20.2 Å². The van der Waals surface area contributed by atoms with Crippen LogP contribution in [0, 0.1) is 5.92 Å². The second-order valence-electron chi connectivity index (χ2n) is 8.62. The zero-order valence-corrected chi connectivity index (χ0v) is 19.4. The predicted molar refractivity (Wildman–Crippen MR) is 126 cm³/mol. The summed E-state index contributed by atoms with van der Waals surface area (Å²) in [5.41, 5.74) is 4.68. The van der Waals surface area contributed by atoms with E-state index >= 15 is 0 Å². The summed E-state index contributed by atoms with van der Waals surface area (Å²) in [6.45, 7) is 4.31. The summed E-state index contributed by atoms with van der Waals surface area (Å²) >= 11 is 0. The fraction of sp³-hybridized carbons (Fsp3) is 0.423. The van der Waals surface area contributed by atoms with Gasteiger partial charge >= 0.3 is 12.1 Å². The molecule has 0 aromatic heterocycles. The van der Waals surface area contributed by atoms with Crippen LogP contribution in [-0.2, 0) is 14.3 Å². The normalized spacial score (nSPS) is 14.0. The number of carboxylic acids is 1. The quantitative estimate of drug-likeness (QED) is 0.561. The summed E-state index contributed by atoms with van der Waals surface area (Å²) < 4.78 is 5.54. The van der Waals surface area contributed by atoms with Gasteiger partial charge in [0.1, 0.15) is 12.6 Å². The van der Waals surface area contributed by atoms with Gasteiger partial charge in [-0.2, -0.15) is 0 Å². The average molecular weight is 453 g/mol. The molecule has 0 radical (unpaired) electrons. The number of rotatable bonds is 10. The number of ether oxygens (including phenoxy) is 1. The Balaban J connectivity index is 1.45. The first kappa shape index (κ1) is 24.3. The number of alkyl carbamates (subject to hydrolysis) is 1. The van der Waals surface area contributed by atoms with E-state index in [9.17, 15) is 19.5 Å². The lowest BCUT2D eigenvalue weighted by molar-refractivity contribution is -0.149. The Bertz CT molecular complexity index is 960. The van der Waals surface area contributed by atoms with Gasteiger partial charge in [0.25, 0.3) is 0 Å². The summed E-state index contributed by atoms with van der Waals surface area (Å²) in [5.74, 6) is -1.15. The number of hydrogen-bond donors (Lipinski definition) is 2. The van der Waals surface area contributed by atoms with Gasteiger partial charge in [0, 0.05) is 25.9 Å². The molecule has 33 heavy (non-hydrogen) atoms. The van der Waals surface area contributed by atoms with Gasteiger partial charge in [0.05, 0.1) is 0 Å². The van der Waals surface area contributed by atoms with Crippen molar-refractivity contribution in [1.82, 2.24) is 10.2 Å². The molecular weight excluding hydrogens is 420 g/mol. The van der Waals surface area contributed by atoms with E-state index in [0.29, 0.717) is 19.4 Å². The Morgan fingerprint density at radius 1 is 1.06 bits per heavy atom. The number of fused-ring (bicyclic) bond motifs is 3. The first-order chi connectivity index (χ1) is 15.8. The number of likely N-dealkylation sites (N-methyl/N-ethyl adjacent to an activating group) is 1. The maximum atomic E-state index is 12.3. The molecule has 0 aliphatic heterocycles. The zero-order chi connectivity index (χ0) is 24.0. The Labute approximate surface area is 194 Å². The first-order valence-electron chi connectivity index (χ1n) is 11.4. The highest BCUT2D eigenvalue weighted by Crippen LogP contribution is 2.44. The van der Waals surface area contributed by atoms with Gasteiger partial charge in [-0.25, -0.2) is 9.59 Å². The van der Waals surface area contributed by atoms with Crippen molar-refractivity contribution in [2.24, 2.45) is 5.92 Å². The Kier molecular flexibility index (Phi) is 8.09. The molecule has 176 valence electrons. The van der Waals surface area contributed by atoms with Crippen molar-refractivity contribution in [3.63, 3.8) is 0 Å². The van der Waals surface area contributed by atoms with E-state index < -0.39 is 18.1 Å². The number of carbonyl (C=O) groups excluding carboxylic acids is 2. The van der Waals surface area contributed by atoms with Gasteiger partial charge in [-0.3, -0.25) is 4.79 Å². The highest BCUT2D eigenvalue weighted by atomic mass is 16.5. The molecule has 3 rings (SSSR count). The summed E-state index contributed by atoms with van der Waals surface area (Å²) in [6.07, 6.45) is 0.650. The lowest BCUT2D eigenvalue weighted by Gasteiger charge is -2.24. The van der Waals surface area contributed by atoms with Gasteiger partial charge in [-0.1, -0.05) is 62.4 Å². The molecule has 0 spiro atoms. The van der Waals surface area contributed by atoms with Crippen LogP contribution in [0.3, 0.4) is 0 Å². The third-order valence-corrected chi connectivity index (χ3v) is 6.32. The molecule has 0 fully saturated rings. The van der Waals surface area contributed by atoms with Crippen molar-refractivity contribution in [3.8, 4) is 11.1 Å². The van der Waals surface area contributed by atoms with Crippen LogP contribution in [-0.4, -0.2) is 54.2 Å². The van der Waals surface area contributed by atoms with Crippen LogP contribution in [0.15, 0.2) is 48.5 Å². The van der Waals surface area contributed by atoms with Gasteiger partial charge < -0.3 is 20.1 Å². The number of carbonyl (C=O) groups is 3. The van der Waals surface area contributed by atoms with Crippen LogP contribution in [0.2, 0.25) is 0 Å². The summed E-state index contributed by atoms with van der Waals surface area (Å²) in [5, 5.41) is 12.0. The number of nitrogens with zero attached hydrogens (tertiary/aromatic N) is 1. The third-order valence-electron chi connectivity index (χ3n) is 6.32. The second kappa shape index (κ2) is 11.0. The summed E-state index contributed by atoms with van der Waals surface area (Å²) in [7, 11) is 1.52. The Hall–Kier alpha value is -3.35. The fourth-order valence-electron chi connectivity index (χ4n) is 4.34. The number of nitrogens with one attached hydrogen (secondary N) is 1. The van der Waals surface area contributed by atoms with E-state index in [0.717, 1.165) is 11.1 Å². The SMILES string of the molecule is CCC(C(=O)O)N(C)C(=O)CCC(C)CNC(=O)OCC1c2ccccc2-c2ccccc21. The van der Waals surface area contributed by atoms with Crippen LogP contribution in [0.25, 0.3) is 11.1 Å². The molecule has 2 unspecified atom stereocenters. The van der Waals surface area contributed by atoms with Crippen molar-refractivity contribution >= 4 is 18.0 Å². The van der Waals surface area contributed by atoms with Gasteiger partial charge in [-0.05, 0) is 41.0 Å². The minimum atomic E-state index is -1.00. The van der Waals surface area contributed by atoms with Crippen molar-refractivity contribution in [2.45, 2.75) is 45.1 Å². The van der Waals surface area contributed by atoms with Crippen molar-refractivity contribution < 1.29 is 24.2 Å². The number of benzene rings is 2. The molecule has 0 heterocycles. The maximum Gasteiger partial charge on any atom is 0.407 e. The van der Waals surface area contributed by atoms with E-state index in [1.165, 1.54) is 23.1 Å². The monoisotopic (exact) mass is 452 g/mol. The molecule has 2 amide bonds. The van der Waals surface area contributed by atoms with Gasteiger partial charge in [-0.15, -0.1) is 0 Å². The first-order valence-corrected chi connectivity index (χ1v) is 11.4. The van der Waals surface area contributed by atoms with Crippen molar-refractivity contribution in [1.29, 1.82) is 0 Å². The lowest BCUT2D eigenvalue weighted by atomic mass is 9.98. The molecule has 1 aliphatic rings. The predicted octanol–water partition coefficient (Wildman–Crippen LogP) is 4.26. The van der Waals surface area contributed by atoms with Crippen LogP contribution in [0.5, 0.6) is 0 Å². The standard InChI is InChI=1S/C26H32N2O5/c1-4-23(25(30)31)28(3)24(29)14-13-17(2)15-27-26(32)33-16-22-20-11-7-5-9-18(20)19-10-6-8-12-21(19)22/h5-12,17,22-23H,4,13-16H2,1-3H3,(H,27,32)(H,30,31). The van der Waals surface area contributed by atoms with E-state index in [4.69, 9.17) is 4.74 Å². The van der Waals surface area contributed by atoms with Crippen LogP contribution in [0.1, 0.15) is 50.2 Å². The molecule has 7 nitrogen and oxygen atoms in total. The number of carboxylic acid groups (broad SMARTS) is 1. The summed E-state index contributed by atoms with van der Waals surface area (Å²) in [4.78, 5) is 37.1. The maximum absolute atomic E-state index is 12.3. The Morgan fingerprint density at radius 2 is 1.64 bits per heavy atom. The smallest absolute Gasteiger partial charge is 0.407 e. The van der Waals surface area contributed by atoms with Crippen LogP contribution in [0.4, 0.5) is 4.79 Å². The highest BCUT2D eigenvalue weighted by Gasteiger charge is 2.29. The summed E-state index contributed by atoms with van der Waals surface area (Å²) in [6, 6.07) is 15.5. The van der Waals surface area contributed by atoms with E-state index in [1.807, 2.05) is 31.2 Å². The second-order valence-corrected chi connectivity index (χ2v) is 8.62. The number of hydrogen-bond acceptors (Lipinski definition) is 4. The number of amides is 2. The lowest BCUT2D eigenvalue weighted by Crippen LogP contribution is -2.42. The molecule has 2 atom stereocenters. The number of aliphatic carboxylic acids is 1. The molecule has 7 heteroatoms. The van der Waals surface area contributed by atoms with E-state index in [1.54, 1.807) is 6.92 Å². The molecule has 2 aromatic rings. The topological polar surface area (TPSA) is 95.9 Å².